The normalized spacial score (nSPS) is 11.5. The summed E-state index contributed by atoms with van der Waals surface area (Å²) in [4.78, 5) is 18.0. The number of carbonyl (C=O) groups excluding carboxylic acids is 1. The number of ether oxygens (including phenoxy) is 1. The van der Waals surface area contributed by atoms with Gasteiger partial charge in [-0.3, -0.25) is 4.79 Å². The van der Waals surface area contributed by atoms with Gasteiger partial charge in [0.1, 0.15) is 11.6 Å². The molecule has 0 N–H and O–H groups in total. The Labute approximate surface area is 246 Å². The molecule has 13 heteroatoms. The molecule has 0 radical (unpaired) electrons. The van der Waals surface area contributed by atoms with E-state index in [0.29, 0.717) is 28.1 Å². The van der Waals surface area contributed by atoms with Gasteiger partial charge in [0.15, 0.2) is 0 Å². The summed E-state index contributed by atoms with van der Waals surface area (Å²) in [6.45, 7) is 2.27. The third-order valence-electron chi connectivity index (χ3n) is 5.91. The lowest BCUT2D eigenvalue weighted by Crippen LogP contribution is -2.33. The molecule has 0 aliphatic carbocycles. The van der Waals surface area contributed by atoms with Crippen molar-refractivity contribution in [1.82, 2.24) is 9.29 Å². The number of carbonyl (C=O) groups is 1. The van der Waals surface area contributed by atoms with Crippen molar-refractivity contribution in [2.45, 2.75) is 24.7 Å². The molecule has 0 saturated heterocycles. The van der Waals surface area contributed by atoms with Gasteiger partial charge in [-0.1, -0.05) is 11.3 Å². The minimum Gasteiger partial charge on any atom is -0.494 e. The van der Waals surface area contributed by atoms with E-state index in [0.717, 1.165) is 20.7 Å². The number of thiazole rings is 1. The summed E-state index contributed by atoms with van der Waals surface area (Å²) < 4.78 is 47.2. The lowest BCUT2D eigenvalue weighted by molar-refractivity contribution is 0.0987. The molecule has 42 heavy (non-hydrogen) atoms. The number of aromatic nitrogens is 1. The summed E-state index contributed by atoms with van der Waals surface area (Å²) >= 11 is 1.08. The molecule has 0 fully saturated rings. The van der Waals surface area contributed by atoms with Crippen LogP contribution in [0.4, 0.5) is 9.52 Å². The molecule has 0 aliphatic heterocycles. The van der Waals surface area contributed by atoms with Gasteiger partial charge < -0.3 is 4.74 Å². The average molecular weight is 605 g/mol. The number of nitrogens with zero attached hydrogens (tertiary/aromatic N) is 6. The summed E-state index contributed by atoms with van der Waals surface area (Å²) in [6.07, 6.45) is 1.41. The van der Waals surface area contributed by atoms with E-state index in [1.165, 1.54) is 48.7 Å². The maximum absolute atomic E-state index is 13.8. The zero-order valence-electron chi connectivity index (χ0n) is 22.5. The minimum atomic E-state index is -4.02. The van der Waals surface area contributed by atoms with Crippen LogP contribution in [0.25, 0.3) is 10.2 Å². The van der Waals surface area contributed by atoms with Gasteiger partial charge in [0.25, 0.3) is 5.91 Å². The second-order valence-electron chi connectivity index (χ2n) is 8.72. The first-order valence-corrected chi connectivity index (χ1v) is 15.0. The highest BCUT2D eigenvalue weighted by Gasteiger charge is 2.26. The maximum Gasteiger partial charge on any atom is 0.280 e. The van der Waals surface area contributed by atoms with Crippen LogP contribution in [-0.2, 0) is 10.0 Å². The van der Waals surface area contributed by atoms with Crippen LogP contribution in [0.15, 0.2) is 76.7 Å². The largest absolute Gasteiger partial charge is 0.494 e. The van der Waals surface area contributed by atoms with Crippen LogP contribution < -0.4 is 9.75 Å². The number of rotatable bonds is 12. The second kappa shape index (κ2) is 13.8. The lowest BCUT2D eigenvalue weighted by atomic mass is 10.2. The van der Waals surface area contributed by atoms with Gasteiger partial charge in [0.05, 0.1) is 40.1 Å². The van der Waals surface area contributed by atoms with Crippen molar-refractivity contribution in [2.75, 3.05) is 24.7 Å². The monoisotopic (exact) mass is 604 g/mol. The van der Waals surface area contributed by atoms with E-state index in [4.69, 9.17) is 15.3 Å². The Morgan fingerprint density at radius 1 is 1.05 bits per heavy atom. The van der Waals surface area contributed by atoms with Crippen molar-refractivity contribution in [3.63, 3.8) is 0 Å². The number of anilines is 1. The number of fused-ring (bicyclic) bond motifs is 1. The molecule has 4 rings (SSSR count). The number of benzene rings is 3. The lowest BCUT2D eigenvalue weighted by Gasteiger charge is -2.20. The van der Waals surface area contributed by atoms with E-state index in [2.05, 4.69) is 10.1 Å². The van der Waals surface area contributed by atoms with Gasteiger partial charge in [0.2, 0.25) is 15.2 Å². The average Bonchev–Trinajstić information content (AvgIpc) is 3.41. The SMILES string of the molecule is CCOc1ccc(/C=N/N(C(=O)c2ccc(S(=O)(=O)N(CCC#N)CCC#N)cc2)c2nc3ccc(F)cc3s2)cc1. The first-order valence-electron chi connectivity index (χ1n) is 12.8. The zero-order chi connectivity index (χ0) is 30.1. The van der Waals surface area contributed by atoms with Gasteiger partial charge in [-0.25, -0.2) is 17.8 Å². The summed E-state index contributed by atoms with van der Waals surface area (Å²) in [5.74, 6) is -0.347. The van der Waals surface area contributed by atoms with Crippen LogP contribution in [0.1, 0.15) is 35.7 Å². The van der Waals surface area contributed by atoms with Crippen LogP contribution in [-0.4, -0.2) is 49.5 Å². The minimum absolute atomic E-state index is 0.0331. The maximum atomic E-state index is 13.8. The molecule has 1 amide bonds. The van der Waals surface area contributed by atoms with E-state index in [1.54, 1.807) is 24.3 Å². The molecular formula is C29H25FN6O4S2. The number of sulfonamides is 1. The number of halogens is 1. The Hall–Kier alpha value is -4.69. The highest BCUT2D eigenvalue weighted by Crippen LogP contribution is 2.31. The number of hydrogen-bond acceptors (Lipinski definition) is 9. The quantitative estimate of drug-likeness (QED) is 0.157. The first kappa shape index (κ1) is 30.3. The number of hydrogen-bond donors (Lipinski definition) is 0. The Morgan fingerprint density at radius 3 is 2.33 bits per heavy atom. The molecule has 214 valence electrons. The molecule has 1 heterocycles. The Balaban J connectivity index is 1.66. The number of amides is 1. The summed E-state index contributed by atoms with van der Waals surface area (Å²) in [7, 11) is -4.02. The third-order valence-corrected chi connectivity index (χ3v) is 8.82. The van der Waals surface area contributed by atoms with Crippen molar-refractivity contribution in [3.05, 3.63) is 83.7 Å². The predicted molar refractivity (Wildman–Crippen MR) is 157 cm³/mol. The molecule has 3 aromatic carbocycles. The van der Waals surface area contributed by atoms with Crippen LogP contribution >= 0.6 is 11.3 Å². The molecule has 10 nitrogen and oxygen atoms in total. The van der Waals surface area contributed by atoms with E-state index in [-0.39, 0.29) is 41.5 Å². The Kier molecular flexibility index (Phi) is 9.93. The molecule has 0 bridgehead atoms. The fourth-order valence-corrected chi connectivity index (χ4v) is 6.24. The summed E-state index contributed by atoms with van der Waals surface area (Å²) in [5, 5.41) is 23.5. The Morgan fingerprint density at radius 2 is 1.71 bits per heavy atom. The van der Waals surface area contributed by atoms with E-state index in [9.17, 15) is 17.6 Å². The summed E-state index contributed by atoms with van der Waals surface area (Å²) in [5.41, 5.74) is 1.30. The summed E-state index contributed by atoms with van der Waals surface area (Å²) in [6, 6.07) is 20.3. The fraction of sp³-hybridized carbons (Fsp3) is 0.207. The van der Waals surface area contributed by atoms with Crippen molar-refractivity contribution in [2.24, 2.45) is 5.10 Å². The smallest absolute Gasteiger partial charge is 0.280 e. The molecule has 4 aromatic rings. The molecule has 0 aliphatic rings. The highest BCUT2D eigenvalue weighted by molar-refractivity contribution is 7.89. The fourth-order valence-electron chi connectivity index (χ4n) is 3.85. The zero-order valence-corrected chi connectivity index (χ0v) is 24.1. The van der Waals surface area contributed by atoms with Gasteiger partial charge in [0, 0.05) is 31.5 Å². The van der Waals surface area contributed by atoms with Crippen molar-refractivity contribution >= 4 is 48.8 Å². The van der Waals surface area contributed by atoms with Gasteiger partial charge in [-0.15, -0.1) is 0 Å². The van der Waals surface area contributed by atoms with Gasteiger partial charge in [-0.05, 0) is 79.2 Å². The van der Waals surface area contributed by atoms with Crippen LogP contribution in [0, 0.1) is 28.5 Å². The topological polar surface area (TPSA) is 140 Å². The molecule has 0 saturated carbocycles. The molecule has 0 unspecified atom stereocenters. The standard InChI is InChI=1S/C29H25FN6O4S2/c1-2-40-24-10-5-21(6-11-24)20-33-36(29-34-26-14-9-23(30)19-27(26)41-29)28(37)22-7-12-25(13-8-22)42(38,39)35(17-3-15-31)18-4-16-32/h5-14,19-20H,2-4,17-18H2,1H3/b33-20+. The van der Waals surface area contributed by atoms with Crippen LogP contribution in [0.2, 0.25) is 0 Å². The van der Waals surface area contributed by atoms with Crippen LogP contribution in [0.3, 0.4) is 0 Å². The van der Waals surface area contributed by atoms with Crippen molar-refractivity contribution < 1.29 is 22.3 Å². The number of hydrazone groups is 1. The first-order chi connectivity index (χ1) is 20.3. The molecule has 1 aromatic heterocycles. The molecular weight excluding hydrogens is 579 g/mol. The van der Waals surface area contributed by atoms with E-state index < -0.39 is 21.7 Å². The Bertz CT molecular complexity index is 1760. The third kappa shape index (κ3) is 7.14. The van der Waals surface area contributed by atoms with Crippen molar-refractivity contribution in [3.8, 4) is 17.9 Å². The number of nitriles is 2. The second-order valence-corrected chi connectivity index (χ2v) is 11.7. The van der Waals surface area contributed by atoms with E-state index in [1.807, 2.05) is 19.1 Å². The molecule has 0 spiro atoms. The van der Waals surface area contributed by atoms with Gasteiger partial charge in [-0.2, -0.15) is 24.9 Å². The van der Waals surface area contributed by atoms with Crippen molar-refractivity contribution in [1.29, 1.82) is 10.5 Å². The van der Waals surface area contributed by atoms with Gasteiger partial charge >= 0.3 is 0 Å². The molecule has 0 atom stereocenters. The highest BCUT2D eigenvalue weighted by atomic mass is 32.2. The van der Waals surface area contributed by atoms with Crippen LogP contribution in [0.5, 0.6) is 5.75 Å². The predicted octanol–water partition coefficient (Wildman–Crippen LogP) is 5.33. The van der Waals surface area contributed by atoms with E-state index >= 15 is 0 Å².